The molecule has 2 aliphatic heterocycles. The van der Waals surface area contributed by atoms with Gasteiger partial charge >= 0.3 is 0 Å². The van der Waals surface area contributed by atoms with E-state index in [-0.39, 0.29) is 30.3 Å². The third kappa shape index (κ3) is 5.14. The Bertz CT molecular complexity index is 603. The second-order valence-corrected chi connectivity index (χ2v) is 6.11. The Morgan fingerprint density at radius 2 is 1.92 bits per heavy atom. The number of carbonyl (C=O) groups is 2. The highest BCUT2D eigenvalue weighted by Gasteiger charge is 2.27. The van der Waals surface area contributed by atoms with Crippen molar-refractivity contribution in [1.29, 1.82) is 0 Å². The van der Waals surface area contributed by atoms with Crippen molar-refractivity contribution < 1.29 is 18.7 Å². The maximum atomic E-state index is 13.2. The van der Waals surface area contributed by atoms with Gasteiger partial charge in [0, 0.05) is 50.7 Å². The normalized spacial score (nSPS) is 20.8. The molecule has 2 saturated heterocycles. The molecule has 1 aromatic carbocycles. The van der Waals surface area contributed by atoms with Gasteiger partial charge in [-0.15, -0.1) is 12.4 Å². The van der Waals surface area contributed by atoms with Gasteiger partial charge in [0.1, 0.15) is 5.82 Å². The minimum Gasteiger partial charge on any atom is -0.378 e. The summed E-state index contributed by atoms with van der Waals surface area (Å²) in [4.78, 5) is 28.2. The number of hydrogen-bond donors (Lipinski definition) is 1. The molecular weight excluding hydrogens is 349 g/mol. The van der Waals surface area contributed by atoms with Crippen molar-refractivity contribution in [1.82, 2.24) is 15.1 Å². The largest absolute Gasteiger partial charge is 0.378 e. The maximum Gasteiger partial charge on any atom is 0.254 e. The average molecular weight is 372 g/mol. The number of carbonyl (C=O) groups excluding carboxylic acids is 2. The molecule has 0 spiro atoms. The van der Waals surface area contributed by atoms with E-state index >= 15 is 0 Å². The highest BCUT2D eigenvalue weighted by molar-refractivity contribution is 5.94. The van der Waals surface area contributed by atoms with Crippen LogP contribution in [0.5, 0.6) is 0 Å². The molecule has 2 heterocycles. The number of nitrogens with zero attached hydrogens (tertiary/aromatic N) is 2. The Morgan fingerprint density at radius 1 is 1.20 bits per heavy atom. The first-order chi connectivity index (χ1) is 11.6. The van der Waals surface area contributed by atoms with Crippen LogP contribution in [0, 0.1) is 5.82 Å². The van der Waals surface area contributed by atoms with E-state index in [0.29, 0.717) is 51.4 Å². The molecule has 0 bridgehead atoms. The summed E-state index contributed by atoms with van der Waals surface area (Å²) < 4.78 is 18.6. The van der Waals surface area contributed by atoms with Crippen LogP contribution in [0.15, 0.2) is 24.3 Å². The summed E-state index contributed by atoms with van der Waals surface area (Å²) in [6.45, 7) is 3.97. The van der Waals surface area contributed by atoms with Crippen LogP contribution in [0.1, 0.15) is 16.8 Å². The average Bonchev–Trinajstić information content (AvgIpc) is 2.62. The molecule has 1 N–H and O–H groups in total. The van der Waals surface area contributed by atoms with Crippen molar-refractivity contribution in [3.05, 3.63) is 35.6 Å². The van der Waals surface area contributed by atoms with Gasteiger partial charge in [-0.2, -0.15) is 0 Å². The van der Waals surface area contributed by atoms with Gasteiger partial charge in [-0.3, -0.25) is 9.59 Å². The lowest BCUT2D eigenvalue weighted by molar-refractivity contribution is -0.133. The van der Waals surface area contributed by atoms with Crippen molar-refractivity contribution in [3.63, 3.8) is 0 Å². The molecule has 138 valence electrons. The smallest absolute Gasteiger partial charge is 0.254 e. The molecule has 0 saturated carbocycles. The minimum absolute atomic E-state index is 0. The van der Waals surface area contributed by atoms with Crippen LogP contribution in [-0.4, -0.2) is 73.6 Å². The predicted molar refractivity (Wildman–Crippen MR) is 93.4 cm³/mol. The Kier molecular flexibility index (Phi) is 7.16. The van der Waals surface area contributed by atoms with Gasteiger partial charge in [-0.05, 0) is 18.2 Å². The fourth-order valence-electron chi connectivity index (χ4n) is 3.05. The third-order valence-electron chi connectivity index (χ3n) is 4.41. The van der Waals surface area contributed by atoms with Crippen molar-refractivity contribution >= 4 is 24.2 Å². The summed E-state index contributed by atoms with van der Waals surface area (Å²) in [6, 6.07) is 5.77. The lowest BCUT2D eigenvalue weighted by Crippen LogP contribution is -2.52. The summed E-state index contributed by atoms with van der Waals surface area (Å²) in [5.41, 5.74) is 0.346. The summed E-state index contributed by atoms with van der Waals surface area (Å²) in [6.07, 6.45) is 0.415. The Balaban J connectivity index is 0.00000225. The third-order valence-corrected chi connectivity index (χ3v) is 4.41. The zero-order chi connectivity index (χ0) is 16.9. The molecular formula is C17H23ClFN3O3. The zero-order valence-corrected chi connectivity index (χ0v) is 14.8. The van der Waals surface area contributed by atoms with Crippen molar-refractivity contribution in [2.45, 2.75) is 12.5 Å². The van der Waals surface area contributed by atoms with E-state index in [1.807, 2.05) is 0 Å². The quantitative estimate of drug-likeness (QED) is 0.858. The van der Waals surface area contributed by atoms with Crippen LogP contribution in [0.3, 0.4) is 0 Å². The number of hydrogen-bond acceptors (Lipinski definition) is 4. The minimum atomic E-state index is -0.420. The van der Waals surface area contributed by atoms with Crippen LogP contribution >= 0.6 is 12.4 Å². The Labute approximate surface area is 152 Å². The van der Waals surface area contributed by atoms with Gasteiger partial charge in [0.05, 0.1) is 13.2 Å². The molecule has 0 radical (unpaired) electrons. The number of ether oxygens (including phenoxy) is 1. The second kappa shape index (κ2) is 9.12. The highest BCUT2D eigenvalue weighted by Crippen LogP contribution is 2.12. The van der Waals surface area contributed by atoms with E-state index in [2.05, 4.69) is 5.32 Å². The summed E-state index contributed by atoms with van der Waals surface area (Å²) in [5.74, 6) is -0.531. The van der Waals surface area contributed by atoms with Crippen LogP contribution in [0.2, 0.25) is 0 Å². The van der Waals surface area contributed by atoms with Gasteiger partial charge in [0.2, 0.25) is 5.91 Å². The van der Waals surface area contributed by atoms with E-state index in [0.717, 1.165) is 6.54 Å². The topological polar surface area (TPSA) is 61.9 Å². The molecule has 8 heteroatoms. The van der Waals surface area contributed by atoms with Gasteiger partial charge in [-0.25, -0.2) is 4.39 Å². The fourth-order valence-corrected chi connectivity index (χ4v) is 3.05. The van der Waals surface area contributed by atoms with E-state index in [4.69, 9.17) is 4.74 Å². The number of halogens is 2. The Morgan fingerprint density at radius 3 is 2.56 bits per heavy atom. The fraction of sp³-hybridized carbons (Fsp3) is 0.529. The summed E-state index contributed by atoms with van der Waals surface area (Å²) in [7, 11) is 0. The van der Waals surface area contributed by atoms with Crippen LogP contribution in [0.25, 0.3) is 0 Å². The number of piperazine rings is 1. The lowest BCUT2D eigenvalue weighted by Gasteiger charge is -2.36. The first kappa shape index (κ1) is 19.6. The molecule has 25 heavy (non-hydrogen) atoms. The molecule has 3 rings (SSSR count). The SMILES string of the molecule is Cl.O=C(CC1COCCN1)N1CCN(C(=O)c2cccc(F)c2)CC1. The number of morpholine rings is 1. The monoisotopic (exact) mass is 371 g/mol. The molecule has 2 fully saturated rings. The number of benzene rings is 1. The van der Waals surface area contributed by atoms with Gasteiger partial charge in [0.25, 0.3) is 5.91 Å². The molecule has 6 nitrogen and oxygen atoms in total. The van der Waals surface area contributed by atoms with E-state index in [9.17, 15) is 14.0 Å². The standard InChI is InChI=1S/C17H22FN3O3.ClH/c18-14-3-1-2-13(10-14)17(23)21-7-5-20(6-8-21)16(22)11-15-12-24-9-4-19-15;/h1-3,10,15,19H,4-9,11-12H2;1H. The van der Waals surface area contributed by atoms with Crippen LogP contribution < -0.4 is 5.32 Å². The maximum absolute atomic E-state index is 13.2. The van der Waals surface area contributed by atoms with Gasteiger partial charge < -0.3 is 19.9 Å². The van der Waals surface area contributed by atoms with E-state index < -0.39 is 5.82 Å². The number of rotatable bonds is 3. The predicted octanol–water partition coefficient (Wildman–Crippen LogP) is 0.910. The van der Waals surface area contributed by atoms with Gasteiger partial charge in [0.15, 0.2) is 0 Å². The Hall–Kier alpha value is -1.70. The molecule has 0 aliphatic carbocycles. The molecule has 1 atom stereocenters. The zero-order valence-electron chi connectivity index (χ0n) is 13.9. The van der Waals surface area contributed by atoms with Crippen LogP contribution in [-0.2, 0) is 9.53 Å². The van der Waals surface area contributed by atoms with E-state index in [1.54, 1.807) is 15.9 Å². The molecule has 2 aliphatic rings. The first-order valence-corrected chi connectivity index (χ1v) is 8.27. The molecule has 1 aromatic rings. The van der Waals surface area contributed by atoms with Crippen molar-refractivity contribution in [2.75, 3.05) is 45.9 Å². The number of nitrogens with one attached hydrogen (secondary N) is 1. The first-order valence-electron chi connectivity index (χ1n) is 8.27. The summed E-state index contributed by atoms with van der Waals surface area (Å²) >= 11 is 0. The molecule has 2 amide bonds. The van der Waals surface area contributed by atoms with E-state index in [1.165, 1.54) is 18.2 Å². The molecule has 0 aromatic heterocycles. The lowest BCUT2D eigenvalue weighted by atomic mass is 10.1. The van der Waals surface area contributed by atoms with Crippen molar-refractivity contribution in [2.24, 2.45) is 0 Å². The van der Waals surface area contributed by atoms with Gasteiger partial charge in [-0.1, -0.05) is 6.07 Å². The molecule has 1 unspecified atom stereocenters. The van der Waals surface area contributed by atoms with Crippen LogP contribution in [0.4, 0.5) is 4.39 Å². The highest BCUT2D eigenvalue weighted by atomic mass is 35.5. The van der Waals surface area contributed by atoms with Crippen molar-refractivity contribution in [3.8, 4) is 0 Å². The second-order valence-electron chi connectivity index (χ2n) is 6.11. The number of amides is 2. The summed E-state index contributed by atoms with van der Waals surface area (Å²) in [5, 5.41) is 3.27.